The van der Waals surface area contributed by atoms with Gasteiger partial charge in [0.1, 0.15) is 18.1 Å². The van der Waals surface area contributed by atoms with E-state index in [0.29, 0.717) is 45.6 Å². The van der Waals surface area contributed by atoms with Crippen LogP contribution in [0.4, 0.5) is 0 Å². The van der Waals surface area contributed by atoms with Crippen LogP contribution in [-0.4, -0.2) is 84.7 Å². The number of hydrogen-bond donors (Lipinski definition) is 4. The highest BCUT2D eigenvalue weighted by Gasteiger charge is 2.30. The number of ether oxygens (including phenoxy) is 1. The first kappa shape index (κ1) is 31.8. The second-order valence-corrected chi connectivity index (χ2v) is 10.8. The predicted octanol–water partition coefficient (Wildman–Crippen LogP) is 1.78. The van der Waals surface area contributed by atoms with E-state index in [-0.39, 0.29) is 24.8 Å². The van der Waals surface area contributed by atoms with Crippen molar-refractivity contribution in [3.05, 3.63) is 71.8 Å². The van der Waals surface area contributed by atoms with E-state index in [0.717, 1.165) is 11.1 Å². The van der Waals surface area contributed by atoms with Crippen LogP contribution in [0.2, 0.25) is 0 Å². The molecule has 1 aliphatic heterocycles. The molecule has 2 aromatic carbocycles. The van der Waals surface area contributed by atoms with Crippen LogP contribution < -0.4 is 16.0 Å². The summed E-state index contributed by atoms with van der Waals surface area (Å²) in [6.07, 6.45) is 1.31. The molecule has 10 nitrogen and oxygen atoms in total. The smallest absolute Gasteiger partial charge is 0.326 e. The minimum Gasteiger partial charge on any atom is -0.480 e. The Bertz CT molecular complexity index is 1120. The van der Waals surface area contributed by atoms with Gasteiger partial charge in [-0.15, -0.1) is 0 Å². The fourth-order valence-electron chi connectivity index (χ4n) is 4.72. The lowest BCUT2D eigenvalue weighted by atomic mass is 10.00. The number of aliphatic carboxylic acids is 1. The Labute approximate surface area is 241 Å². The molecule has 2 aromatic rings. The number of morpholine rings is 1. The van der Waals surface area contributed by atoms with Crippen molar-refractivity contribution < 1.29 is 29.0 Å². The summed E-state index contributed by atoms with van der Waals surface area (Å²) in [4.78, 5) is 53.7. The van der Waals surface area contributed by atoms with Gasteiger partial charge in [0.2, 0.25) is 17.7 Å². The number of hydrogen-bond acceptors (Lipinski definition) is 6. The molecule has 0 saturated carbocycles. The van der Waals surface area contributed by atoms with Crippen LogP contribution in [0.3, 0.4) is 0 Å². The number of benzene rings is 2. The molecule has 1 fully saturated rings. The molecule has 41 heavy (non-hydrogen) atoms. The van der Waals surface area contributed by atoms with E-state index >= 15 is 0 Å². The van der Waals surface area contributed by atoms with Crippen molar-refractivity contribution >= 4 is 23.7 Å². The Morgan fingerprint density at radius 1 is 0.805 bits per heavy atom. The zero-order chi connectivity index (χ0) is 29.6. The van der Waals surface area contributed by atoms with Crippen LogP contribution in [0, 0.1) is 5.92 Å². The average molecular weight is 567 g/mol. The highest BCUT2D eigenvalue weighted by atomic mass is 16.5. The van der Waals surface area contributed by atoms with Crippen molar-refractivity contribution in [3.8, 4) is 0 Å². The maximum absolute atomic E-state index is 13.5. The van der Waals surface area contributed by atoms with Gasteiger partial charge in [0.05, 0.1) is 19.8 Å². The van der Waals surface area contributed by atoms with Gasteiger partial charge < -0.3 is 25.8 Å². The van der Waals surface area contributed by atoms with E-state index in [1.807, 2.05) is 55.1 Å². The molecule has 3 rings (SSSR count). The summed E-state index contributed by atoms with van der Waals surface area (Å²) in [5.74, 6) is -2.45. The monoisotopic (exact) mass is 566 g/mol. The van der Waals surface area contributed by atoms with Gasteiger partial charge in [0.15, 0.2) is 0 Å². The third-order valence-electron chi connectivity index (χ3n) is 6.92. The lowest BCUT2D eigenvalue weighted by Gasteiger charge is -2.28. The quantitative estimate of drug-likeness (QED) is 0.258. The molecule has 0 bridgehead atoms. The molecular weight excluding hydrogens is 524 g/mol. The molecule has 0 aliphatic carbocycles. The van der Waals surface area contributed by atoms with Crippen molar-refractivity contribution in [1.29, 1.82) is 0 Å². The summed E-state index contributed by atoms with van der Waals surface area (Å²) in [7, 11) is 0. The van der Waals surface area contributed by atoms with Crippen LogP contribution in [0.25, 0.3) is 0 Å². The average Bonchev–Trinajstić information content (AvgIpc) is 2.95. The molecule has 0 radical (unpaired) electrons. The number of nitrogens with one attached hydrogen (secondary N) is 3. The number of rotatable bonds is 15. The molecule has 1 saturated heterocycles. The van der Waals surface area contributed by atoms with Crippen LogP contribution in [0.5, 0.6) is 0 Å². The first-order valence-corrected chi connectivity index (χ1v) is 14.2. The van der Waals surface area contributed by atoms with E-state index in [4.69, 9.17) is 4.74 Å². The van der Waals surface area contributed by atoms with Crippen LogP contribution in [0.1, 0.15) is 37.8 Å². The Morgan fingerprint density at radius 3 is 1.95 bits per heavy atom. The maximum atomic E-state index is 13.5. The highest BCUT2D eigenvalue weighted by Crippen LogP contribution is 2.11. The predicted molar refractivity (Wildman–Crippen MR) is 155 cm³/mol. The molecule has 10 heteroatoms. The highest BCUT2D eigenvalue weighted by molar-refractivity contribution is 5.93. The largest absolute Gasteiger partial charge is 0.480 e. The summed E-state index contributed by atoms with van der Waals surface area (Å²) >= 11 is 0. The van der Waals surface area contributed by atoms with Crippen molar-refractivity contribution in [2.45, 2.75) is 57.7 Å². The summed E-state index contributed by atoms with van der Waals surface area (Å²) in [6.45, 7) is 6.37. The number of carboxylic acids is 1. The molecular formula is C31H42N4O6. The topological polar surface area (TPSA) is 137 Å². The standard InChI is InChI=1S/C31H42N4O6/c1-22(2)19-26(30(38)34-27(31(39)40)20-24-11-7-4-8-12-24)33-29(37)25(14-13-23-9-5-3-6-10-23)32-28(36)21-35-15-17-41-18-16-35/h3-12,22,25-27H,13-21H2,1-2H3,(H,32,36)(H,33,37)(H,34,38)(H,39,40)/t25-,26+,27-/m0/s1. The number of aryl methyl sites for hydroxylation is 1. The zero-order valence-corrected chi connectivity index (χ0v) is 23.9. The van der Waals surface area contributed by atoms with E-state index in [9.17, 15) is 24.3 Å². The Morgan fingerprint density at radius 2 is 1.37 bits per heavy atom. The maximum Gasteiger partial charge on any atom is 0.326 e. The summed E-state index contributed by atoms with van der Waals surface area (Å²) in [5, 5.41) is 18.1. The third-order valence-corrected chi connectivity index (χ3v) is 6.92. The fourth-order valence-corrected chi connectivity index (χ4v) is 4.72. The first-order chi connectivity index (χ1) is 19.7. The van der Waals surface area contributed by atoms with Gasteiger partial charge in [-0.25, -0.2) is 4.79 Å². The van der Waals surface area contributed by atoms with Crippen LogP contribution >= 0.6 is 0 Å². The second kappa shape index (κ2) is 16.5. The summed E-state index contributed by atoms with van der Waals surface area (Å²) < 4.78 is 5.35. The fraction of sp³-hybridized carbons (Fsp3) is 0.484. The Kier molecular flexibility index (Phi) is 12.8. The lowest BCUT2D eigenvalue weighted by Crippen LogP contribution is -2.57. The van der Waals surface area contributed by atoms with Gasteiger partial charge >= 0.3 is 5.97 Å². The van der Waals surface area contributed by atoms with Crippen molar-refractivity contribution in [2.75, 3.05) is 32.8 Å². The van der Waals surface area contributed by atoms with E-state index in [1.54, 1.807) is 24.3 Å². The molecule has 3 atom stereocenters. The molecule has 1 aliphatic rings. The third kappa shape index (κ3) is 11.3. The van der Waals surface area contributed by atoms with E-state index < -0.39 is 35.9 Å². The van der Waals surface area contributed by atoms with Gasteiger partial charge in [-0.05, 0) is 36.3 Å². The van der Waals surface area contributed by atoms with Crippen molar-refractivity contribution in [1.82, 2.24) is 20.9 Å². The van der Waals surface area contributed by atoms with Gasteiger partial charge in [-0.1, -0.05) is 74.5 Å². The minimum absolute atomic E-state index is 0.0436. The van der Waals surface area contributed by atoms with Gasteiger partial charge in [0.25, 0.3) is 0 Å². The van der Waals surface area contributed by atoms with E-state index in [2.05, 4.69) is 16.0 Å². The first-order valence-electron chi connectivity index (χ1n) is 14.2. The molecule has 0 unspecified atom stereocenters. The molecule has 1 heterocycles. The minimum atomic E-state index is -1.16. The summed E-state index contributed by atoms with van der Waals surface area (Å²) in [6, 6.07) is 15.7. The number of carbonyl (C=O) groups excluding carboxylic acids is 3. The van der Waals surface area contributed by atoms with Crippen molar-refractivity contribution in [2.24, 2.45) is 5.92 Å². The number of nitrogens with zero attached hydrogens (tertiary/aromatic N) is 1. The normalized spacial score (nSPS) is 15.9. The molecule has 3 amide bonds. The molecule has 222 valence electrons. The Balaban J connectivity index is 1.70. The molecule has 0 spiro atoms. The SMILES string of the molecule is CC(C)C[C@@H](NC(=O)[C@H](CCc1ccccc1)NC(=O)CN1CCOCC1)C(=O)N[C@@H](Cc1ccccc1)C(=O)O. The number of amides is 3. The number of carboxylic acid groups (broad SMARTS) is 1. The molecule has 4 N–H and O–H groups in total. The van der Waals surface area contributed by atoms with Gasteiger partial charge in [-0.2, -0.15) is 0 Å². The van der Waals surface area contributed by atoms with Crippen LogP contribution in [0.15, 0.2) is 60.7 Å². The molecule has 0 aromatic heterocycles. The van der Waals surface area contributed by atoms with Gasteiger partial charge in [-0.3, -0.25) is 19.3 Å². The van der Waals surface area contributed by atoms with Crippen LogP contribution in [-0.2, 0) is 36.8 Å². The van der Waals surface area contributed by atoms with Gasteiger partial charge in [0, 0.05) is 19.5 Å². The Hall–Kier alpha value is -3.76. The number of carbonyl (C=O) groups is 4. The van der Waals surface area contributed by atoms with Crippen molar-refractivity contribution in [3.63, 3.8) is 0 Å². The lowest BCUT2D eigenvalue weighted by molar-refractivity contribution is -0.142. The van der Waals surface area contributed by atoms with E-state index in [1.165, 1.54) is 0 Å². The zero-order valence-electron chi connectivity index (χ0n) is 23.9. The second-order valence-electron chi connectivity index (χ2n) is 10.8. The summed E-state index contributed by atoms with van der Waals surface area (Å²) in [5.41, 5.74) is 1.79.